The number of carbonyl (C=O) groups is 3. The number of rotatable bonds is 9. The van der Waals surface area contributed by atoms with Gasteiger partial charge in [-0.05, 0) is 62.6 Å². The van der Waals surface area contributed by atoms with E-state index >= 15 is 8.78 Å². The Morgan fingerprint density at radius 3 is 2.67 bits per heavy atom. The maximum Gasteiger partial charge on any atom is 0.255 e. The Morgan fingerprint density at radius 1 is 1.21 bits per heavy atom. The monoisotopic (exact) mass is 561 g/mol. The lowest BCUT2D eigenvalue weighted by molar-refractivity contribution is -0.194. The number of nitrogens with one attached hydrogen (secondary N) is 3. The highest BCUT2D eigenvalue weighted by atomic mass is 35.5. The molecule has 1 aromatic rings. The van der Waals surface area contributed by atoms with Gasteiger partial charge in [0.05, 0.1) is 12.0 Å². The van der Waals surface area contributed by atoms with Crippen LogP contribution < -0.4 is 16.0 Å². The number of amides is 3. The summed E-state index contributed by atoms with van der Waals surface area (Å²) in [6.07, 6.45) is 4.01. The number of halogens is 3. The zero-order chi connectivity index (χ0) is 27.7. The SMILES string of the molecule is N#C[C@@H](C[C@H]1CCCNC1=O)NC(=O)[C@H]1[C@H]2CC[C@H](CC2(F)F)N1C(=O)[C@@H](CC1CC1)Nc1cccc(Cl)c1. The van der Waals surface area contributed by atoms with Gasteiger partial charge in [-0.1, -0.05) is 30.5 Å². The van der Waals surface area contributed by atoms with Gasteiger partial charge in [-0.2, -0.15) is 5.26 Å². The van der Waals surface area contributed by atoms with Crippen molar-refractivity contribution in [3.63, 3.8) is 0 Å². The van der Waals surface area contributed by atoms with Crippen LogP contribution in [0.3, 0.4) is 0 Å². The minimum atomic E-state index is -3.10. The summed E-state index contributed by atoms with van der Waals surface area (Å²) in [5.74, 6) is -5.83. The van der Waals surface area contributed by atoms with Gasteiger partial charge in [-0.25, -0.2) is 8.78 Å². The first-order valence-corrected chi connectivity index (χ1v) is 14.2. The van der Waals surface area contributed by atoms with Gasteiger partial charge in [0.15, 0.2) is 0 Å². The molecule has 210 valence electrons. The Kier molecular flexibility index (Phi) is 7.99. The summed E-state index contributed by atoms with van der Waals surface area (Å²) in [7, 11) is 0. The highest BCUT2D eigenvalue weighted by molar-refractivity contribution is 6.30. The largest absolute Gasteiger partial charge is 0.374 e. The summed E-state index contributed by atoms with van der Waals surface area (Å²) in [4.78, 5) is 41.3. The Labute approximate surface area is 231 Å². The lowest BCUT2D eigenvalue weighted by atomic mass is 9.71. The molecule has 8 nitrogen and oxygen atoms in total. The fourth-order valence-electron chi connectivity index (χ4n) is 6.44. The summed E-state index contributed by atoms with van der Waals surface area (Å²) in [5, 5.41) is 18.9. The molecule has 5 aliphatic rings. The number of nitriles is 1. The quantitative estimate of drug-likeness (QED) is 0.424. The molecule has 0 radical (unpaired) electrons. The number of hydrogen-bond donors (Lipinski definition) is 3. The predicted molar refractivity (Wildman–Crippen MR) is 141 cm³/mol. The second-order valence-electron chi connectivity index (χ2n) is 11.4. The standard InChI is InChI=1S/C28H34ClF2N5O3/c29-18-4-1-5-19(13-18)34-23(11-16-6-7-16)27(39)36-21-8-9-22(28(30,31)14-21)24(36)26(38)35-20(15-32)12-17-3-2-10-33-25(17)37/h1,4-5,13,16-17,20-24,34H,2-3,6-12,14H2,(H,33,37)(H,35,38)/t17-,20-,21-,22-,23-,24-/m1/s1. The summed E-state index contributed by atoms with van der Waals surface area (Å²) in [6.45, 7) is 0.571. The summed E-state index contributed by atoms with van der Waals surface area (Å²) in [5.41, 5.74) is 0.644. The molecule has 6 rings (SSSR count). The molecular weight excluding hydrogens is 528 g/mol. The third-order valence-corrected chi connectivity index (χ3v) is 8.82. The van der Waals surface area contributed by atoms with Gasteiger partial charge in [-0.15, -0.1) is 0 Å². The second kappa shape index (κ2) is 11.3. The van der Waals surface area contributed by atoms with Crippen molar-refractivity contribution in [3.05, 3.63) is 29.3 Å². The Balaban J connectivity index is 1.38. The van der Waals surface area contributed by atoms with Crippen LogP contribution >= 0.6 is 11.6 Å². The highest BCUT2D eigenvalue weighted by Crippen LogP contribution is 2.49. The molecule has 3 amide bonds. The molecule has 0 aromatic heterocycles. The average molecular weight is 562 g/mol. The summed E-state index contributed by atoms with van der Waals surface area (Å²) >= 11 is 6.14. The van der Waals surface area contributed by atoms with Gasteiger partial charge in [-0.3, -0.25) is 14.4 Å². The van der Waals surface area contributed by atoms with E-state index in [1.807, 2.05) is 6.07 Å². The molecule has 2 saturated carbocycles. The number of fused-ring (bicyclic) bond motifs is 3. The van der Waals surface area contributed by atoms with Gasteiger partial charge in [0.25, 0.3) is 5.92 Å². The van der Waals surface area contributed by atoms with Crippen molar-refractivity contribution in [3.8, 4) is 6.07 Å². The fraction of sp³-hybridized carbons (Fsp3) is 0.643. The molecule has 1 aromatic carbocycles. The number of nitrogens with zero attached hydrogens (tertiary/aromatic N) is 2. The zero-order valence-electron chi connectivity index (χ0n) is 21.7. The van der Waals surface area contributed by atoms with E-state index in [9.17, 15) is 19.6 Å². The molecule has 11 heteroatoms. The van der Waals surface area contributed by atoms with Crippen molar-refractivity contribution in [1.82, 2.24) is 15.5 Å². The lowest BCUT2D eigenvalue weighted by Gasteiger charge is -2.54. The fourth-order valence-corrected chi connectivity index (χ4v) is 6.63. The van der Waals surface area contributed by atoms with Gasteiger partial charge in [0, 0.05) is 35.6 Å². The van der Waals surface area contributed by atoms with Crippen LogP contribution in [-0.2, 0) is 14.4 Å². The van der Waals surface area contributed by atoms with Gasteiger partial charge in [0.1, 0.15) is 18.1 Å². The molecule has 2 bridgehead atoms. The first-order chi connectivity index (χ1) is 18.7. The lowest BCUT2D eigenvalue weighted by Crippen LogP contribution is -2.70. The van der Waals surface area contributed by atoms with Crippen LogP contribution in [0.25, 0.3) is 0 Å². The molecular formula is C28H34ClF2N5O3. The van der Waals surface area contributed by atoms with Crippen molar-refractivity contribution in [2.75, 3.05) is 11.9 Å². The smallest absolute Gasteiger partial charge is 0.255 e. The molecule has 3 aliphatic heterocycles. The van der Waals surface area contributed by atoms with E-state index in [4.69, 9.17) is 11.6 Å². The Morgan fingerprint density at radius 2 is 2.00 bits per heavy atom. The zero-order valence-corrected chi connectivity index (χ0v) is 22.4. The average Bonchev–Trinajstić information content (AvgIpc) is 3.72. The van der Waals surface area contributed by atoms with E-state index in [0.29, 0.717) is 42.4 Å². The van der Waals surface area contributed by atoms with Crippen molar-refractivity contribution in [2.45, 2.75) is 87.9 Å². The van der Waals surface area contributed by atoms with E-state index in [1.54, 1.807) is 24.3 Å². The molecule has 0 unspecified atom stereocenters. The van der Waals surface area contributed by atoms with E-state index in [1.165, 1.54) is 4.90 Å². The summed E-state index contributed by atoms with van der Waals surface area (Å²) in [6, 6.07) is 5.10. The van der Waals surface area contributed by atoms with Crippen LogP contribution in [-0.4, -0.2) is 59.3 Å². The van der Waals surface area contributed by atoms with Crippen LogP contribution in [0.15, 0.2) is 24.3 Å². The normalized spacial score (nSPS) is 29.1. The maximum atomic E-state index is 15.1. The molecule has 39 heavy (non-hydrogen) atoms. The molecule has 2 aliphatic carbocycles. The maximum absolute atomic E-state index is 15.1. The van der Waals surface area contributed by atoms with Gasteiger partial charge < -0.3 is 20.9 Å². The van der Waals surface area contributed by atoms with E-state index in [-0.39, 0.29) is 24.7 Å². The third-order valence-electron chi connectivity index (χ3n) is 8.58. The van der Waals surface area contributed by atoms with Crippen LogP contribution in [0.4, 0.5) is 14.5 Å². The highest BCUT2D eigenvalue weighted by Gasteiger charge is 2.61. The first-order valence-electron chi connectivity index (χ1n) is 13.9. The second-order valence-corrected chi connectivity index (χ2v) is 11.9. The van der Waals surface area contributed by atoms with Crippen LogP contribution in [0, 0.1) is 29.1 Å². The van der Waals surface area contributed by atoms with Crippen molar-refractivity contribution < 1.29 is 23.2 Å². The number of hydrogen-bond acceptors (Lipinski definition) is 5. The third kappa shape index (κ3) is 6.13. The van der Waals surface area contributed by atoms with E-state index < -0.39 is 54.3 Å². The topological polar surface area (TPSA) is 114 Å². The number of alkyl halides is 2. The molecule has 3 saturated heterocycles. The van der Waals surface area contributed by atoms with Crippen molar-refractivity contribution in [1.29, 1.82) is 5.26 Å². The van der Waals surface area contributed by atoms with Crippen molar-refractivity contribution in [2.24, 2.45) is 17.8 Å². The van der Waals surface area contributed by atoms with E-state index in [0.717, 1.165) is 19.3 Å². The molecule has 5 fully saturated rings. The van der Waals surface area contributed by atoms with Crippen molar-refractivity contribution >= 4 is 35.0 Å². The number of carbonyl (C=O) groups excluding carboxylic acids is 3. The number of anilines is 1. The Hall–Kier alpha value is -2.93. The minimum Gasteiger partial charge on any atom is -0.374 e. The molecule has 0 spiro atoms. The number of benzene rings is 1. The van der Waals surface area contributed by atoms with Gasteiger partial charge in [0.2, 0.25) is 17.7 Å². The minimum absolute atomic E-state index is 0.0971. The van der Waals surface area contributed by atoms with Gasteiger partial charge >= 0.3 is 0 Å². The molecule has 3 N–H and O–H groups in total. The first kappa shape index (κ1) is 27.6. The molecule has 3 heterocycles. The van der Waals surface area contributed by atoms with Crippen LogP contribution in [0.2, 0.25) is 5.02 Å². The summed E-state index contributed by atoms with van der Waals surface area (Å²) < 4.78 is 30.3. The number of piperidine rings is 3. The Bertz CT molecular complexity index is 1160. The predicted octanol–water partition coefficient (Wildman–Crippen LogP) is 3.86. The van der Waals surface area contributed by atoms with E-state index in [2.05, 4.69) is 16.0 Å². The van der Waals surface area contributed by atoms with Crippen LogP contribution in [0.5, 0.6) is 0 Å². The van der Waals surface area contributed by atoms with Crippen LogP contribution in [0.1, 0.15) is 57.8 Å². The molecule has 6 atom stereocenters.